The van der Waals surface area contributed by atoms with Crippen molar-refractivity contribution in [1.82, 2.24) is 0 Å². The van der Waals surface area contributed by atoms with Gasteiger partial charge in [0.05, 0.1) is 19.3 Å². The van der Waals surface area contributed by atoms with Crippen LogP contribution in [-0.4, -0.2) is 43.8 Å². The molecule has 3 aromatic carbocycles. The molecule has 6 rings (SSSR count). The molecule has 0 unspecified atom stereocenters. The van der Waals surface area contributed by atoms with Crippen LogP contribution in [0, 0.1) is 5.92 Å². The van der Waals surface area contributed by atoms with E-state index in [2.05, 4.69) is 59.5 Å². The molecule has 192 valence electrons. The molecule has 0 bridgehead atoms. The van der Waals surface area contributed by atoms with Gasteiger partial charge in [0.1, 0.15) is 17.8 Å². The number of aromatic hydroxyl groups is 1. The average Bonchev–Trinajstić information content (AvgIpc) is 3.35. The summed E-state index contributed by atoms with van der Waals surface area (Å²) in [7, 11) is 1.76. The van der Waals surface area contributed by atoms with Crippen LogP contribution in [0.25, 0.3) is 0 Å². The molecule has 37 heavy (non-hydrogen) atoms. The van der Waals surface area contributed by atoms with E-state index < -0.39 is 0 Å². The largest absolute Gasteiger partial charge is 0.508 e. The lowest BCUT2D eigenvalue weighted by Gasteiger charge is -2.40. The fourth-order valence-corrected chi connectivity index (χ4v) is 6.89. The minimum absolute atomic E-state index is 0.0452. The number of benzene rings is 3. The van der Waals surface area contributed by atoms with E-state index in [0.29, 0.717) is 18.3 Å². The number of piperidine rings is 1. The lowest BCUT2D eigenvalue weighted by molar-refractivity contribution is -0.111. The van der Waals surface area contributed by atoms with Gasteiger partial charge in [-0.15, -0.1) is 0 Å². The van der Waals surface area contributed by atoms with Crippen molar-refractivity contribution in [3.8, 4) is 11.5 Å². The molecule has 3 atom stereocenters. The maximum atomic E-state index is 11.2. The molecule has 2 aliphatic heterocycles. The predicted molar refractivity (Wildman–Crippen MR) is 145 cm³/mol. The Balaban J connectivity index is 1.32. The highest BCUT2D eigenvalue weighted by molar-refractivity contribution is 5.59. The van der Waals surface area contributed by atoms with Crippen LogP contribution in [0.3, 0.4) is 0 Å². The maximum Gasteiger partial charge on any atom is 0.125 e. The molecule has 1 spiro atoms. The molecule has 0 aromatic heterocycles. The molecule has 2 saturated heterocycles. The maximum absolute atomic E-state index is 11.2. The van der Waals surface area contributed by atoms with Crippen molar-refractivity contribution in [3.05, 3.63) is 89.0 Å². The number of hydrogen-bond donors (Lipinski definition) is 1. The molecule has 5 heteroatoms. The Bertz CT molecular complexity index is 1270. The van der Waals surface area contributed by atoms with Crippen LogP contribution in [0.1, 0.15) is 59.8 Å². The van der Waals surface area contributed by atoms with Crippen LogP contribution in [0.5, 0.6) is 11.5 Å². The van der Waals surface area contributed by atoms with Crippen molar-refractivity contribution in [1.29, 1.82) is 0 Å². The number of ether oxygens (including phenoxy) is 2. The van der Waals surface area contributed by atoms with Gasteiger partial charge in [0.15, 0.2) is 0 Å². The van der Waals surface area contributed by atoms with Crippen molar-refractivity contribution in [2.75, 3.05) is 31.7 Å². The summed E-state index contributed by atoms with van der Waals surface area (Å²) in [4.78, 5) is 13.7. The Morgan fingerprint density at radius 2 is 1.81 bits per heavy atom. The van der Waals surface area contributed by atoms with Crippen molar-refractivity contribution in [2.45, 2.75) is 49.5 Å². The topological polar surface area (TPSA) is 59.0 Å². The minimum Gasteiger partial charge on any atom is -0.508 e. The van der Waals surface area contributed by atoms with Gasteiger partial charge in [-0.3, -0.25) is 0 Å². The van der Waals surface area contributed by atoms with Crippen molar-refractivity contribution in [2.24, 2.45) is 5.92 Å². The molecule has 0 saturated carbocycles. The number of phenols is 1. The molecule has 1 N–H and O–H groups in total. The number of methoxy groups -OCH3 is 1. The van der Waals surface area contributed by atoms with Gasteiger partial charge in [0.25, 0.3) is 0 Å². The van der Waals surface area contributed by atoms with Crippen LogP contribution in [-0.2, 0) is 16.0 Å². The first-order chi connectivity index (χ1) is 18.1. The first kappa shape index (κ1) is 24.1. The molecule has 1 aliphatic carbocycles. The highest BCUT2D eigenvalue weighted by Gasteiger charge is 2.43. The number of carbonyl (C=O) groups is 1. The normalized spacial score (nSPS) is 24.6. The number of aryl methyl sites for hydroxylation is 1. The highest BCUT2D eigenvalue weighted by Crippen LogP contribution is 2.50. The van der Waals surface area contributed by atoms with Crippen LogP contribution >= 0.6 is 0 Å². The third-order valence-corrected chi connectivity index (χ3v) is 8.84. The molecular weight excluding hydrogens is 462 g/mol. The van der Waals surface area contributed by atoms with Gasteiger partial charge in [0, 0.05) is 42.2 Å². The number of hydrogen-bond acceptors (Lipinski definition) is 5. The smallest absolute Gasteiger partial charge is 0.125 e. The third-order valence-electron chi connectivity index (χ3n) is 8.84. The molecule has 3 aliphatic rings. The Labute approximate surface area is 219 Å². The molecular formula is C32H35NO4. The summed E-state index contributed by atoms with van der Waals surface area (Å²) >= 11 is 0. The number of nitrogens with zero attached hydrogens (tertiary/aromatic N) is 1. The van der Waals surface area contributed by atoms with Crippen molar-refractivity contribution >= 4 is 12.0 Å². The van der Waals surface area contributed by atoms with E-state index in [1.54, 1.807) is 7.11 Å². The Morgan fingerprint density at radius 1 is 1.03 bits per heavy atom. The quantitative estimate of drug-likeness (QED) is 0.449. The van der Waals surface area contributed by atoms with Gasteiger partial charge in [-0.1, -0.05) is 42.5 Å². The summed E-state index contributed by atoms with van der Waals surface area (Å²) in [5.74, 6) is 1.75. The molecule has 0 amide bonds. The standard InChI is InChI=1S/C32H35NO4/c1-36-30-18-25(33-15-13-32(14-16-33)19-22(20-34)21-37-32)8-11-29(30)31-27(23-5-3-2-4-6-23)10-7-24-17-26(35)9-12-28(24)31/h2-6,8-9,11-12,17-18,20,22,27,31,35H,7,10,13-16,19,21H2,1H3/t22-,27-,31+/m1/s1. The second kappa shape index (κ2) is 9.86. The number of aldehydes is 1. The molecule has 2 heterocycles. The fourth-order valence-electron chi connectivity index (χ4n) is 6.89. The van der Waals surface area contributed by atoms with E-state index in [1.807, 2.05) is 12.1 Å². The second-order valence-corrected chi connectivity index (χ2v) is 10.9. The number of fused-ring (bicyclic) bond motifs is 1. The number of carbonyl (C=O) groups excluding carboxylic acids is 1. The molecule has 5 nitrogen and oxygen atoms in total. The Hall–Kier alpha value is -3.31. The van der Waals surface area contributed by atoms with Crippen LogP contribution in [0.15, 0.2) is 66.7 Å². The fraction of sp³-hybridized carbons (Fsp3) is 0.406. The summed E-state index contributed by atoms with van der Waals surface area (Å²) in [5.41, 5.74) is 6.05. The van der Waals surface area contributed by atoms with E-state index >= 15 is 0 Å². The third kappa shape index (κ3) is 4.50. The molecule has 2 fully saturated rings. The molecule has 0 radical (unpaired) electrons. The van der Waals surface area contributed by atoms with E-state index in [4.69, 9.17) is 9.47 Å². The zero-order valence-corrected chi connectivity index (χ0v) is 21.4. The monoisotopic (exact) mass is 497 g/mol. The minimum atomic E-state index is -0.133. The van der Waals surface area contributed by atoms with Crippen molar-refractivity contribution < 1.29 is 19.4 Å². The molecule has 3 aromatic rings. The zero-order valence-electron chi connectivity index (χ0n) is 21.4. The first-order valence-corrected chi connectivity index (χ1v) is 13.5. The van der Waals surface area contributed by atoms with E-state index in [1.165, 1.54) is 27.9 Å². The number of rotatable bonds is 5. The van der Waals surface area contributed by atoms with Gasteiger partial charge in [-0.2, -0.15) is 0 Å². The van der Waals surface area contributed by atoms with Crippen LogP contribution in [0.2, 0.25) is 0 Å². The van der Waals surface area contributed by atoms with Crippen LogP contribution in [0.4, 0.5) is 5.69 Å². The van der Waals surface area contributed by atoms with Gasteiger partial charge in [-0.25, -0.2) is 0 Å². The highest BCUT2D eigenvalue weighted by atomic mass is 16.5. The number of anilines is 1. The summed E-state index contributed by atoms with van der Waals surface area (Å²) < 4.78 is 12.1. The van der Waals surface area contributed by atoms with Gasteiger partial charge in [0.2, 0.25) is 0 Å². The second-order valence-electron chi connectivity index (χ2n) is 10.9. The van der Waals surface area contributed by atoms with Crippen LogP contribution < -0.4 is 9.64 Å². The lowest BCUT2D eigenvalue weighted by Crippen LogP contribution is -2.44. The van der Waals surface area contributed by atoms with E-state index in [9.17, 15) is 9.90 Å². The summed E-state index contributed by atoms with van der Waals surface area (Å²) in [5, 5.41) is 10.2. The van der Waals surface area contributed by atoms with E-state index in [0.717, 1.165) is 57.2 Å². The lowest BCUT2D eigenvalue weighted by atomic mass is 9.69. The van der Waals surface area contributed by atoms with Gasteiger partial charge >= 0.3 is 0 Å². The van der Waals surface area contributed by atoms with Gasteiger partial charge < -0.3 is 24.3 Å². The first-order valence-electron chi connectivity index (χ1n) is 13.5. The summed E-state index contributed by atoms with van der Waals surface area (Å²) in [6.07, 6.45) is 5.76. The van der Waals surface area contributed by atoms with Gasteiger partial charge in [-0.05, 0) is 72.9 Å². The number of phenolic OH excluding ortho intramolecular Hbond substituents is 1. The van der Waals surface area contributed by atoms with Crippen molar-refractivity contribution in [3.63, 3.8) is 0 Å². The Kier molecular flexibility index (Phi) is 6.41. The summed E-state index contributed by atoms with van der Waals surface area (Å²) in [6.45, 7) is 2.38. The zero-order chi connectivity index (χ0) is 25.4. The Morgan fingerprint density at radius 3 is 2.54 bits per heavy atom. The van der Waals surface area contributed by atoms with E-state index in [-0.39, 0.29) is 17.4 Å². The summed E-state index contributed by atoms with van der Waals surface area (Å²) in [6, 6.07) is 23.3. The average molecular weight is 498 g/mol. The predicted octanol–water partition coefficient (Wildman–Crippen LogP) is 5.84. The SMILES string of the molecule is COc1cc(N2CCC3(CC2)C[C@H](C=O)CO3)ccc1[C@@H]1c2ccc(O)cc2CC[C@@H]1c1ccccc1.